The third-order valence-corrected chi connectivity index (χ3v) is 3.24. The van der Waals surface area contributed by atoms with Gasteiger partial charge in [0.25, 0.3) is 5.91 Å². The summed E-state index contributed by atoms with van der Waals surface area (Å²) in [7, 11) is 0. The monoisotopic (exact) mass is 394 g/mol. The van der Waals surface area contributed by atoms with Crippen molar-refractivity contribution < 1.29 is 18.7 Å². The summed E-state index contributed by atoms with van der Waals surface area (Å²) < 4.78 is 18.9. The summed E-state index contributed by atoms with van der Waals surface area (Å²) in [5, 5.41) is 0. The molecular formula is C17H16BrFN2O3. The van der Waals surface area contributed by atoms with Crippen LogP contribution in [0.3, 0.4) is 0 Å². The Kier molecular flexibility index (Phi) is 5.33. The van der Waals surface area contributed by atoms with Crippen LogP contribution in [-0.4, -0.2) is 22.6 Å². The Bertz CT molecular complexity index is 757. The molecule has 0 aliphatic carbocycles. The summed E-state index contributed by atoms with van der Waals surface area (Å²) in [6.45, 7) is 5.07. The number of imide groups is 1. The lowest BCUT2D eigenvalue weighted by molar-refractivity contribution is 0.0563. The zero-order valence-corrected chi connectivity index (χ0v) is 15.0. The molecule has 7 heteroatoms. The highest BCUT2D eigenvalue weighted by molar-refractivity contribution is 9.10. The molecule has 0 bridgehead atoms. The number of anilines is 1. The molecule has 2 amide bonds. The van der Waals surface area contributed by atoms with E-state index in [-0.39, 0.29) is 11.4 Å². The van der Waals surface area contributed by atoms with E-state index in [0.717, 1.165) is 17.0 Å². The molecule has 24 heavy (non-hydrogen) atoms. The third-order valence-electron chi connectivity index (χ3n) is 2.80. The van der Waals surface area contributed by atoms with Crippen molar-refractivity contribution in [3.8, 4) is 0 Å². The molecule has 0 aliphatic rings. The Balaban J connectivity index is 2.44. The molecule has 0 atom stereocenters. The number of pyridine rings is 1. The molecule has 0 radical (unpaired) electrons. The Morgan fingerprint density at radius 3 is 2.29 bits per heavy atom. The van der Waals surface area contributed by atoms with Crippen LogP contribution in [0.4, 0.5) is 14.9 Å². The number of aromatic nitrogens is 1. The number of hydrogen-bond donors (Lipinski definition) is 0. The summed E-state index contributed by atoms with van der Waals surface area (Å²) >= 11 is 3.18. The normalized spacial score (nSPS) is 11.0. The minimum atomic E-state index is -0.860. The van der Waals surface area contributed by atoms with E-state index in [0.29, 0.717) is 4.60 Å². The summed E-state index contributed by atoms with van der Waals surface area (Å²) in [6, 6.07) is 9.75. The minimum Gasteiger partial charge on any atom is -0.443 e. The molecule has 0 saturated carbocycles. The number of carbonyl (C=O) groups is 2. The fraction of sp³-hybridized carbons (Fsp3) is 0.235. The first-order valence-corrected chi connectivity index (χ1v) is 7.92. The van der Waals surface area contributed by atoms with E-state index in [9.17, 15) is 14.0 Å². The smallest absolute Gasteiger partial charge is 0.422 e. The van der Waals surface area contributed by atoms with Crippen LogP contribution in [0.25, 0.3) is 0 Å². The zero-order valence-electron chi connectivity index (χ0n) is 13.4. The lowest BCUT2D eigenvalue weighted by Crippen LogP contribution is -2.41. The summed E-state index contributed by atoms with van der Waals surface area (Å²) in [6.07, 6.45) is -0.860. The molecule has 0 fully saturated rings. The van der Waals surface area contributed by atoms with Gasteiger partial charge in [0, 0.05) is 0 Å². The van der Waals surface area contributed by atoms with E-state index in [1.807, 2.05) is 0 Å². The molecule has 1 heterocycles. The Hall–Kier alpha value is -2.28. The van der Waals surface area contributed by atoms with Crippen molar-refractivity contribution in [3.05, 3.63) is 58.6 Å². The van der Waals surface area contributed by atoms with E-state index in [2.05, 4.69) is 20.9 Å². The highest BCUT2D eigenvalue weighted by Crippen LogP contribution is 2.21. The summed E-state index contributed by atoms with van der Waals surface area (Å²) in [4.78, 5) is 30.1. The van der Waals surface area contributed by atoms with Crippen molar-refractivity contribution in [2.24, 2.45) is 0 Å². The molecule has 0 aliphatic heterocycles. The number of nitrogens with zero attached hydrogens (tertiary/aromatic N) is 2. The predicted octanol–water partition coefficient (Wildman–Crippen LogP) is 4.57. The lowest BCUT2D eigenvalue weighted by Gasteiger charge is -2.26. The van der Waals surface area contributed by atoms with E-state index in [1.54, 1.807) is 32.9 Å². The van der Waals surface area contributed by atoms with Crippen LogP contribution in [0.15, 0.2) is 47.1 Å². The van der Waals surface area contributed by atoms with Gasteiger partial charge in [-0.05, 0) is 73.1 Å². The van der Waals surface area contributed by atoms with Crippen molar-refractivity contribution in [2.45, 2.75) is 26.4 Å². The van der Waals surface area contributed by atoms with Gasteiger partial charge in [0.1, 0.15) is 21.7 Å². The quantitative estimate of drug-likeness (QED) is 0.700. The summed E-state index contributed by atoms with van der Waals surface area (Å²) in [5.41, 5.74) is -0.544. The average Bonchev–Trinajstić information content (AvgIpc) is 2.47. The van der Waals surface area contributed by atoms with Gasteiger partial charge in [-0.25, -0.2) is 19.1 Å². The van der Waals surface area contributed by atoms with Crippen molar-refractivity contribution in [1.82, 2.24) is 4.98 Å². The van der Waals surface area contributed by atoms with Crippen molar-refractivity contribution in [3.63, 3.8) is 0 Å². The van der Waals surface area contributed by atoms with Crippen LogP contribution < -0.4 is 4.90 Å². The van der Waals surface area contributed by atoms with Crippen LogP contribution in [0.2, 0.25) is 0 Å². The molecule has 0 unspecified atom stereocenters. The van der Waals surface area contributed by atoms with Gasteiger partial charge in [-0.1, -0.05) is 6.07 Å². The van der Waals surface area contributed by atoms with Crippen LogP contribution in [0.1, 0.15) is 31.3 Å². The van der Waals surface area contributed by atoms with Crippen molar-refractivity contribution in [2.75, 3.05) is 4.90 Å². The number of ether oxygens (including phenoxy) is 1. The first kappa shape index (κ1) is 18.1. The maximum absolute atomic E-state index is 13.2. The highest BCUT2D eigenvalue weighted by atomic mass is 79.9. The SMILES string of the molecule is CC(C)(C)OC(=O)N(C(=O)c1cccc(Br)n1)c1ccc(F)cc1. The highest BCUT2D eigenvalue weighted by Gasteiger charge is 2.30. The molecular weight excluding hydrogens is 379 g/mol. The fourth-order valence-electron chi connectivity index (χ4n) is 1.85. The van der Waals surface area contributed by atoms with Crippen LogP contribution >= 0.6 is 15.9 Å². The topological polar surface area (TPSA) is 59.5 Å². The van der Waals surface area contributed by atoms with Crippen LogP contribution in [0, 0.1) is 5.82 Å². The maximum Gasteiger partial charge on any atom is 0.422 e. The Morgan fingerprint density at radius 1 is 1.12 bits per heavy atom. The van der Waals surface area contributed by atoms with Crippen LogP contribution in [-0.2, 0) is 4.74 Å². The van der Waals surface area contributed by atoms with E-state index >= 15 is 0 Å². The second-order valence-electron chi connectivity index (χ2n) is 5.94. The molecule has 2 rings (SSSR count). The van der Waals surface area contributed by atoms with Gasteiger partial charge in [0.05, 0.1) is 5.69 Å². The number of rotatable bonds is 2. The molecule has 1 aromatic carbocycles. The van der Waals surface area contributed by atoms with E-state index in [4.69, 9.17) is 4.74 Å². The minimum absolute atomic E-state index is 0.0551. The predicted molar refractivity (Wildman–Crippen MR) is 91.4 cm³/mol. The second-order valence-corrected chi connectivity index (χ2v) is 6.76. The van der Waals surface area contributed by atoms with Crippen LogP contribution in [0.5, 0.6) is 0 Å². The maximum atomic E-state index is 13.2. The van der Waals surface area contributed by atoms with Crippen molar-refractivity contribution >= 4 is 33.6 Å². The Labute approximate surface area is 147 Å². The Morgan fingerprint density at radius 2 is 1.75 bits per heavy atom. The zero-order chi connectivity index (χ0) is 17.9. The lowest BCUT2D eigenvalue weighted by atomic mass is 10.2. The summed E-state index contributed by atoms with van der Waals surface area (Å²) in [5.74, 6) is -1.15. The number of benzene rings is 1. The van der Waals surface area contributed by atoms with Gasteiger partial charge in [-0.2, -0.15) is 0 Å². The molecule has 2 aromatic rings. The molecule has 0 N–H and O–H groups in total. The average molecular weight is 395 g/mol. The molecule has 0 saturated heterocycles. The first-order valence-electron chi connectivity index (χ1n) is 7.13. The van der Waals surface area contributed by atoms with Gasteiger partial charge in [-0.3, -0.25) is 4.79 Å². The number of amides is 2. The van der Waals surface area contributed by atoms with Gasteiger partial charge in [0.15, 0.2) is 0 Å². The second kappa shape index (κ2) is 7.09. The van der Waals surface area contributed by atoms with E-state index < -0.39 is 23.4 Å². The molecule has 0 spiro atoms. The standard InChI is InChI=1S/C17H16BrFN2O3/c1-17(2,3)24-16(23)21(12-9-7-11(19)8-10-12)15(22)13-5-4-6-14(18)20-13/h4-10H,1-3H3. The van der Waals surface area contributed by atoms with Gasteiger partial charge < -0.3 is 4.74 Å². The first-order chi connectivity index (χ1) is 11.2. The van der Waals surface area contributed by atoms with Gasteiger partial charge in [-0.15, -0.1) is 0 Å². The molecule has 1 aromatic heterocycles. The largest absolute Gasteiger partial charge is 0.443 e. The third kappa shape index (κ3) is 4.61. The number of halogens is 2. The number of carbonyl (C=O) groups excluding carboxylic acids is 2. The fourth-order valence-corrected chi connectivity index (χ4v) is 2.19. The molecule has 5 nitrogen and oxygen atoms in total. The number of hydrogen-bond acceptors (Lipinski definition) is 4. The molecule has 126 valence electrons. The van der Waals surface area contributed by atoms with Crippen molar-refractivity contribution in [1.29, 1.82) is 0 Å². The van der Waals surface area contributed by atoms with Gasteiger partial charge >= 0.3 is 6.09 Å². The van der Waals surface area contributed by atoms with E-state index in [1.165, 1.54) is 18.2 Å². The van der Waals surface area contributed by atoms with Gasteiger partial charge in [0.2, 0.25) is 0 Å².